The topological polar surface area (TPSA) is 45.2 Å². The minimum Gasteiger partial charge on any atom is -0.354 e. The Morgan fingerprint density at radius 1 is 1.28 bits per heavy atom. The number of benzene rings is 1. The Morgan fingerprint density at radius 3 is 2.89 bits per heavy atom. The second-order valence-electron chi connectivity index (χ2n) is 3.82. The summed E-state index contributed by atoms with van der Waals surface area (Å²) in [6.07, 6.45) is 0. The van der Waals surface area contributed by atoms with Crippen LogP contribution < -0.4 is 0 Å². The van der Waals surface area contributed by atoms with Crippen molar-refractivity contribution in [2.75, 3.05) is 0 Å². The van der Waals surface area contributed by atoms with E-state index >= 15 is 0 Å². The summed E-state index contributed by atoms with van der Waals surface area (Å²) >= 11 is 6.14. The fourth-order valence-corrected chi connectivity index (χ4v) is 2.83. The third-order valence-electron chi connectivity index (χ3n) is 2.77. The first-order chi connectivity index (χ1) is 8.79. The number of rotatable bonds is 2. The standard InChI is InChI=1S/C13H8N2OS2/c16-13(15-17)9-4-2-1-3-8(9)11-7-12-10(14-11)5-6-18-12/h1-7,14H. The molecule has 0 spiro atoms. The first-order valence-corrected chi connectivity index (χ1v) is 6.57. The summed E-state index contributed by atoms with van der Waals surface area (Å²) < 4.78 is 4.49. The highest BCUT2D eigenvalue weighted by molar-refractivity contribution is 7.47. The molecule has 2 aromatic heterocycles. The number of carbonyl (C=O) groups excluding carboxylic acids is 1. The fourth-order valence-electron chi connectivity index (χ4n) is 1.95. The summed E-state index contributed by atoms with van der Waals surface area (Å²) in [5.74, 6) is -0.376. The lowest BCUT2D eigenvalue weighted by Crippen LogP contribution is -1.96. The molecule has 3 nitrogen and oxygen atoms in total. The fraction of sp³-hybridized carbons (Fsp3) is 0. The molecular formula is C13H8N2OS2. The minimum atomic E-state index is -0.376. The van der Waals surface area contributed by atoms with E-state index in [9.17, 15) is 4.79 Å². The molecule has 0 saturated heterocycles. The van der Waals surface area contributed by atoms with Crippen molar-refractivity contribution in [3.8, 4) is 11.3 Å². The average Bonchev–Trinajstić information content (AvgIpc) is 2.98. The lowest BCUT2D eigenvalue weighted by atomic mass is 10.0. The van der Waals surface area contributed by atoms with Crippen LogP contribution in [0.25, 0.3) is 21.5 Å². The summed E-state index contributed by atoms with van der Waals surface area (Å²) in [6.45, 7) is 0. The van der Waals surface area contributed by atoms with Crippen molar-refractivity contribution < 1.29 is 4.79 Å². The number of nitrogens with zero attached hydrogens (tertiary/aromatic N) is 1. The lowest BCUT2D eigenvalue weighted by molar-refractivity contribution is 0.101. The van der Waals surface area contributed by atoms with Gasteiger partial charge >= 0.3 is 0 Å². The maximum atomic E-state index is 11.7. The quantitative estimate of drug-likeness (QED) is 0.772. The number of thiophene rings is 1. The molecule has 88 valence electrons. The van der Waals surface area contributed by atoms with Crippen molar-refractivity contribution >= 4 is 39.9 Å². The molecule has 0 aliphatic carbocycles. The van der Waals surface area contributed by atoms with Gasteiger partial charge in [-0.15, -0.1) is 15.7 Å². The number of amides is 1. The van der Waals surface area contributed by atoms with Gasteiger partial charge in [-0.1, -0.05) is 18.2 Å². The molecule has 0 aliphatic rings. The van der Waals surface area contributed by atoms with Gasteiger partial charge in [-0.05, 0) is 23.6 Å². The normalized spacial score (nSPS) is 10.7. The van der Waals surface area contributed by atoms with Gasteiger partial charge < -0.3 is 4.98 Å². The molecule has 3 aromatic rings. The molecule has 0 bridgehead atoms. The average molecular weight is 272 g/mol. The van der Waals surface area contributed by atoms with Gasteiger partial charge in [-0.25, -0.2) is 0 Å². The number of hydrogen-bond acceptors (Lipinski definition) is 3. The predicted octanol–water partition coefficient (Wildman–Crippen LogP) is 3.77. The maximum Gasteiger partial charge on any atom is 0.288 e. The molecule has 0 aliphatic heterocycles. The first-order valence-electron chi connectivity index (χ1n) is 5.33. The van der Waals surface area contributed by atoms with Crippen LogP contribution in [0.1, 0.15) is 10.4 Å². The van der Waals surface area contributed by atoms with Crippen LogP contribution in [-0.4, -0.2) is 10.9 Å². The van der Waals surface area contributed by atoms with E-state index in [4.69, 9.17) is 0 Å². The van der Waals surface area contributed by atoms with E-state index < -0.39 is 0 Å². The molecule has 18 heavy (non-hydrogen) atoms. The van der Waals surface area contributed by atoms with Crippen LogP contribution in [0.15, 0.2) is 46.1 Å². The summed E-state index contributed by atoms with van der Waals surface area (Å²) in [6, 6.07) is 11.4. The largest absolute Gasteiger partial charge is 0.354 e. The van der Waals surface area contributed by atoms with Gasteiger partial charge in [0.05, 0.1) is 15.8 Å². The Balaban J connectivity index is 2.19. The van der Waals surface area contributed by atoms with Crippen LogP contribution in [-0.2, 0) is 12.4 Å². The van der Waals surface area contributed by atoms with Gasteiger partial charge in [0, 0.05) is 23.7 Å². The molecule has 0 saturated carbocycles. The van der Waals surface area contributed by atoms with Crippen molar-refractivity contribution in [2.45, 2.75) is 0 Å². The highest BCUT2D eigenvalue weighted by atomic mass is 32.1. The number of nitrogens with one attached hydrogen (secondary N) is 1. The van der Waals surface area contributed by atoms with Gasteiger partial charge in [-0.2, -0.15) is 0 Å². The van der Waals surface area contributed by atoms with Crippen LogP contribution in [0, 0.1) is 0 Å². The Bertz CT molecular complexity index is 714. The van der Waals surface area contributed by atoms with E-state index in [0.29, 0.717) is 5.56 Å². The van der Waals surface area contributed by atoms with E-state index in [1.165, 1.54) is 4.70 Å². The van der Waals surface area contributed by atoms with Gasteiger partial charge in [0.15, 0.2) is 0 Å². The van der Waals surface area contributed by atoms with Gasteiger partial charge in [0.25, 0.3) is 5.91 Å². The van der Waals surface area contributed by atoms with Crippen molar-refractivity contribution in [2.24, 2.45) is 4.36 Å². The Kier molecular flexibility index (Phi) is 2.77. The zero-order valence-corrected chi connectivity index (χ0v) is 10.8. The molecule has 0 atom stereocenters. The van der Waals surface area contributed by atoms with E-state index in [-0.39, 0.29) is 5.91 Å². The molecular weight excluding hydrogens is 264 g/mol. The first kappa shape index (κ1) is 11.3. The summed E-state index contributed by atoms with van der Waals surface area (Å²) in [5, 5.41) is 2.03. The third kappa shape index (κ3) is 1.77. The van der Waals surface area contributed by atoms with Gasteiger partial charge in [-0.3, -0.25) is 4.79 Å². The van der Waals surface area contributed by atoms with Gasteiger partial charge in [0.1, 0.15) is 0 Å². The predicted molar refractivity (Wildman–Crippen MR) is 75.7 cm³/mol. The van der Waals surface area contributed by atoms with E-state index in [1.807, 2.05) is 35.7 Å². The van der Waals surface area contributed by atoms with Crippen LogP contribution in [0.4, 0.5) is 0 Å². The number of aromatic nitrogens is 1. The van der Waals surface area contributed by atoms with Crippen molar-refractivity contribution in [1.29, 1.82) is 0 Å². The number of hydrogen-bond donors (Lipinski definition) is 1. The number of fused-ring (bicyclic) bond motifs is 1. The highest BCUT2D eigenvalue weighted by Crippen LogP contribution is 2.29. The third-order valence-corrected chi connectivity index (χ3v) is 3.80. The smallest absolute Gasteiger partial charge is 0.288 e. The van der Waals surface area contributed by atoms with E-state index in [0.717, 1.165) is 16.8 Å². The second-order valence-corrected chi connectivity index (χ2v) is 4.95. The second kappa shape index (κ2) is 4.44. The van der Waals surface area contributed by atoms with Crippen LogP contribution in [0.3, 0.4) is 0 Å². The molecule has 1 N–H and O–H groups in total. The van der Waals surface area contributed by atoms with Crippen LogP contribution >= 0.6 is 11.3 Å². The summed E-state index contributed by atoms with van der Waals surface area (Å²) in [7, 11) is 0. The molecule has 0 fully saturated rings. The summed E-state index contributed by atoms with van der Waals surface area (Å²) in [5.41, 5.74) is 3.35. The molecule has 1 amide bonds. The molecule has 5 heteroatoms. The monoisotopic (exact) mass is 272 g/mol. The summed E-state index contributed by atoms with van der Waals surface area (Å²) in [4.78, 5) is 15.0. The van der Waals surface area contributed by atoms with Crippen molar-refractivity contribution in [3.05, 3.63) is 47.3 Å². The van der Waals surface area contributed by atoms with E-state index in [1.54, 1.807) is 17.4 Å². The molecule has 2 heterocycles. The van der Waals surface area contributed by atoms with E-state index in [2.05, 4.69) is 21.8 Å². The van der Waals surface area contributed by atoms with Crippen LogP contribution in [0.5, 0.6) is 0 Å². The number of aromatic amines is 1. The maximum absolute atomic E-state index is 11.7. The van der Waals surface area contributed by atoms with Crippen LogP contribution in [0.2, 0.25) is 0 Å². The molecule has 3 rings (SSSR count). The van der Waals surface area contributed by atoms with Crippen molar-refractivity contribution in [1.82, 2.24) is 4.98 Å². The molecule has 1 aromatic carbocycles. The SMILES string of the molecule is O=C(N=S)c1ccccc1-c1cc2sccc2[nH]1. The van der Waals surface area contributed by atoms with Crippen molar-refractivity contribution in [3.63, 3.8) is 0 Å². The zero-order chi connectivity index (χ0) is 12.5. The molecule has 0 unspecified atom stereocenters. The Morgan fingerprint density at radius 2 is 2.11 bits per heavy atom. The zero-order valence-electron chi connectivity index (χ0n) is 9.21. The highest BCUT2D eigenvalue weighted by Gasteiger charge is 2.13. The lowest BCUT2D eigenvalue weighted by Gasteiger charge is -2.03. The number of H-pyrrole nitrogens is 1. The number of carbonyl (C=O) groups is 1. The molecule has 0 radical (unpaired) electrons. The minimum absolute atomic E-state index is 0.376. The van der Waals surface area contributed by atoms with Gasteiger partial charge in [0.2, 0.25) is 0 Å². The Hall–Kier alpha value is -1.85. The Labute approximate surface area is 113 Å².